The van der Waals surface area contributed by atoms with Crippen molar-refractivity contribution < 1.29 is 69.7 Å². The monoisotopic (exact) mass is 1150 g/mol. The number of esters is 2. The molecule has 430 valence electrons. The maximum atomic E-state index is 14.6. The number of hydrogen-bond donors (Lipinski definition) is 0. The summed E-state index contributed by atoms with van der Waals surface area (Å²) < 4.78 is 82.9. The summed E-state index contributed by atoms with van der Waals surface area (Å²) in [6, 6.07) is 43.7. The van der Waals surface area contributed by atoms with E-state index < -0.39 is 51.2 Å². The highest BCUT2D eigenvalue weighted by molar-refractivity contribution is 7.48. The Kier molecular flexibility index (Phi) is 21.5. The summed E-state index contributed by atoms with van der Waals surface area (Å²) in [5.41, 5.74) is 3.06. The average molecular weight is 1150 g/mol. The van der Waals surface area contributed by atoms with Crippen LogP contribution in [0.5, 0.6) is 17.2 Å². The lowest BCUT2D eigenvalue weighted by Gasteiger charge is -2.28. The van der Waals surface area contributed by atoms with Gasteiger partial charge in [0.15, 0.2) is 11.4 Å². The van der Waals surface area contributed by atoms with Crippen LogP contribution < -0.4 is 14.2 Å². The Morgan fingerprint density at radius 2 is 0.753 bits per heavy atom. The zero-order chi connectivity index (χ0) is 57.4. The van der Waals surface area contributed by atoms with Gasteiger partial charge in [-0.2, -0.15) is 0 Å². The van der Waals surface area contributed by atoms with Gasteiger partial charge in [-0.3, -0.25) is 50.9 Å². The predicted octanol–water partition coefficient (Wildman–Crippen LogP) is 12.4. The summed E-state index contributed by atoms with van der Waals surface area (Å²) >= 11 is 0. The van der Waals surface area contributed by atoms with Gasteiger partial charge in [0.25, 0.3) is 11.8 Å². The molecule has 0 aliphatic heterocycles. The number of amides is 2. The number of ether oxygens (including phenoxy) is 3. The maximum Gasteiger partial charge on any atom is 0.475 e. The lowest BCUT2D eigenvalue weighted by atomic mass is 9.82. The molecule has 20 heteroatoms. The molecule has 1 aromatic heterocycles. The summed E-state index contributed by atoms with van der Waals surface area (Å²) in [5, 5.41) is 0. The van der Waals surface area contributed by atoms with Crippen LogP contribution in [0.4, 0.5) is 0 Å². The molecule has 0 N–H and O–H groups in total. The standard InChI is InChI=1S/C61H71N3O15P2/c1-62(2)58(65)54-56(78-60(67)50-30-26-48(27-31-50)42-76-80(69,72-38-44-18-10-6-11-19-44)73-39-45-20-12-7-13-21-45)57(55(59(66)63(3)4)64(54)52-34-36-53(71-5)37-35-52)79-61(68)51-32-28-49(29-33-51)43-77-81(70,74-40-46-22-14-8-15-23-46)75-41-47-24-16-9-17-25-47/h6-25,34-37,48-51H,26-33,38-43H2,1-5H3/t48-,49?,50-,51?. The lowest BCUT2D eigenvalue weighted by molar-refractivity contribution is -0.143. The molecule has 0 unspecified atom stereocenters. The fraction of sp³-hybridized carbons (Fsp3) is 0.377. The quantitative estimate of drug-likeness (QED) is 0.0367. The molecule has 2 aliphatic rings. The SMILES string of the molecule is COc1ccc(-n2c(C(=O)N(C)C)c(OC(=O)C3CCC(COP(=O)(OCc4ccccc4)OCc4ccccc4)CC3)c(OC(=O)[C@H]3CC[C@H](COP(=O)(OCc4ccccc4)OCc4ccccc4)CC3)c2C(=O)N(C)C)cc1. The zero-order valence-corrected chi connectivity index (χ0v) is 48.2. The third-order valence-electron chi connectivity index (χ3n) is 14.3. The molecule has 2 amide bonds. The fourth-order valence-corrected chi connectivity index (χ4v) is 12.0. The van der Waals surface area contributed by atoms with Crippen LogP contribution in [0.1, 0.15) is 94.6 Å². The second-order valence-electron chi connectivity index (χ2n) is 20.6. The topological polar surface area (TPSA) is 197 Å². The van der Waals surface area contributed by atoms with Gasteiger partial charge in [0, 0.05) is 33.9 Å². The van der Waals surface area contributed by atoms with Crippen LogP contribution in [-0.4, -0.2) is 86.6 Å². The molecule has 6 aromatic rings. The van der Waals surface area contributed by atoms with Gasteiger partial charge in [0.1, 0.15) is 5.75 Å². The molecule has 18 nitrogen and oxygen atoms in total. The number of aromatic nitrogens is 1. The van der Waals surface area contributed by atoms with Crippen molar-refractivity contribution in [1.29, 1.82) is 0 Å². The summed E-state index contributed by atoms with van der Waals surface area (Å²) in [6.07, 6.45) is 3.26. The average Bonchev–Trinajstić information content (AvgIpc) is 4.08. The summed E-state index contributed by atoms with van der Waals surface area (Å²) in [6.45, 7) is 0.0832. The summed E-state index contributed by atoms with van der Waals surface area (Å²) in [7, 11) is -0.548. The Bertz CT molecular complexity index is 2830. The molecular formula is C61H71N3O15P2. The molecular weight excluding hydrogens is 1080 g/mol. The fourth-order valence-electron chi connectivity index (χ4n) is 9.54. The first-order valence-corrected chi connectivity index (χ1v) is 30.1. The van der Waals surface area contributed by atoms with Crippen molar-refractivity contribution in [2.24, 2.45) is 23.7 Å². The van der Waals surface area contributed by atoms with Crippen molar-refractivity contribution in [2.75, 3.05) is 48.5 Å². The summed E-state index contributed by atoms with van der Waals surface area (Å²) in [5.74, 6) is -4.56. The molecule has 0 radical (unpaired) electrons. The molecule has 0 atom stereocenters. The minimum atomic E-state index is -4.07. The molecule has 2 aliphatic carbocycles. The second-order valence-corrected chi connectivity index (χ2v) is 23.9. The molecule has 2 fully saturated rings. The smallest absolute Gasteiger partial charge is 0.475 e. The number of hydrogen-bond acceptors (Lipinski definition) is 15. The maximum absolute atomic E-state index is 14.6. The number of methoxy groups -OCH3 is 1. The van der Waals surface area contributed by atoms with Crippen molar-refractivity contribution in [3.05, 3.63) is 179 Å². The minimum Gasteiger partial charge on any atom is -0.497 e. The van der Waals surface area contributed by atoms with Crippen molar-refractivity contribution in [3.8, 4) is 22.9 Å². The van der Waals surface area contributed by atoms with E-state index in [9.17, 15) is 28.3 Å². The number of carbonyl (C=O) groups excluding carboxylic acids is 4. The normalized spacial score (nSPS) is 17.4. The number of phosphoric acid groups is 2. The molecule has 2 saturated carbocycles. The van der Waals surface area contributed by atoms with Crippen LogP contribution in [0.2, 0.25) is 0 Å². The molecule has 1 heterocycles. The van der Waals surface area contributed by atoms with Gasteiger partial charge >= 0.3 is 27.6 Å². The van der Waals surface area contributed by atoms with Crippen molar-refractivity contribution >= 4 is 39.4 Å². The van der Waals surface area contributed by atoms with E-state index in [2.05, 4.69) is 0 Å². The highest BCUT2D eigenvalue weighted by Crippen LogP contribution is 2.53. The third-order valence-corrected chi connectivity index (χ3v) is 17.0. The van der Waals surface area contributed by atoms with Gasteiger partial charge in [-0.05, 0) is 110 Å². The lowest BCUT2D eigenvalue weighted by Crippen LogP contribution is -2.29. The van der Waals surface area contributed by atoms with E-state index in [0.29, 0.717) is 62.8 Å². The van der Waals surface area contributed by atoms with E-state index in [1.165, 1.54) is 49.7 Å². The number of rotatable bonds is 26. The number of carbonyl (C=O) groups is 4. The number of benzene rings is 5. The molecule has 0 spiro atoms. The van der Waals surface area contributed by atoms with E-state index >= 15 is 0 Å². The highest BCUT2D eigenvalue weighted by atomic mass is 31.2. The van der Waals surface area contributed by atoms with Gasteiger partial charge in [0.2, 0.25) is 11.5 Å². The van der Waals surface area contributed by atoms with Crippen LogP contribution in [0.3, 0.4) is 0 Å². The Labute approximate surface area is 473 Å². The minimum absolute atomic E-state index is 0.00344. The van der Waals surface area contributed by atoms with Gasteiger partial charge in [-0.25, -0.2) is 9.13 Å². The van der Waals surface area contributed by atoms with E-state index in [1.807, 2.05) is 121 Å². The van der Waals surface area contributed by atoms with E-state index in [1.54, 1.807) is 24.3 Å². The predicted molar refractivity (Wildman–Crippen MR) is 303 cm³/mol. The van der Waals surface area contributed by atoms with Gasteiger partial charge in [-0.1, -0.05) is 121 Å². The van der Waals surface area contributed by atoms with Crippen LogP contribution >= 0.6 is 15.6 Å². The van der Waals surface area contributed by atoms with E-state index in [4.69, 9.17) is 41.4 Å². The van der Waals surface area contributed by atoms with Crippen LogP contribution in [0.25, 0.3) is 5.69 Å². The zero-order valence-electron chi connectivity index (χ0n) is 46.4. The van der Waals surface area contributed by atoms with E-state index in [-0.39, 0.29) is 74.4 Å². The second kappa shape index (κ2) is 28.8. The van der Waals surface area contributed by atoms with Gasteiger partial charge in [-0.15, -0.1) is 0 Å². The number of phosphoric ester groups is 2. The van der Waals surface area contributed by atoms with E-state index in [0.717, 1.165) is 22.3 Å². The molecule has 5 aromatic carbocycles. The summed E-state index contributed by atoms with van der Waals surface area (Å²) in [4.78, 5) is 60.8. The first kappa shape index (κ1) is 60.4. The van der Waals surface area contributed by atoms with Gasteiger partial charge < -0.3 is 24.0 Å². The van der Waals surface area contributed by atoms with Gasteiger partial charge in [0.05, 0.1) is 58.6 Å². The van der Waals surface area contributed by atoms with Crippen LogP contribution in [0.15, 0.2) is 146 Å². The molecule has 0 saturated heterocycles. The largest absolute Gasteiger partial charge is 0.497 e. The first-order valence-electron chi connectivity index (χ1n) is 27.1. The molecule has 81 heavy (non-hydrogen) atoms. The highest BCUT2D eigenvalue weighted by Gasteiger charge is 2.41. The number of nitrogens with zero attached hydrogens (tertiary/aromatic N) is 3. The Hall–Kier alpha value is -6.72. The Morgan fingerprint density at radius 1 is 0.444 bits per heavy atom. The van der Waals surface area contributed by atoms with Crippen LogP contribution in [-0.2, 0) is 72.3 Å². The molecule has 8 rings (SSSR count). The van der Waals surface area contributed by atoms with Crippen LogP contribution in [0, 0.1) is 23.7 Å². The van der Waals surface area contributed by atoms with Crippen molar-refractivity contribution in [1.82, 2.24) is 14.4 Å². The first-order chi connectivity index (χ1) is 39.1. The Balaban J connectivity index is 0.992. The van der Waals surface area contributed by atoms with Crippen molar-refractivity contribution in [2.45, 2.75) is 77.8 Å². The molecule has 0 bridgehead atoms. The Morgan fingerprint density at radius 3 is 1.04 bits per heavy atom. The third kappa shape index (κ3) is 16.7. The van der Waals surface area contributed by atoms with Crippen molar-refractivity contribution in [3.63, 3.8) is 0 Å².